The number of anilines is 1. The minimum atomic E-state index is 0.319. The largest absolute Gasteiger partial charge is 0.457 e. The summed E-state index contributed by atoms with van der Waals surface area (Å²) in [5, 5.41) is 14.8. The van der Waals surface area contributed by atoms with Crippen molar-refractivity contribution in [2.45, 2.75) is 13.0 Å². The smallest absolute Gasteiger partial charge is 0.131 e. The molecule has 150 valence electrons. The van der Waals surface area contributed by atoms with E-state index in [2.05, 4.69) is 39.6 Å². The number of hydrogen-bond acceptors (Lipinski definition) is 4. The van der Waals surface area contributed by atoms with Gasteiger partial charge < -0.3 is 15.0 Å². The maximum Gasteiger partial charge on any atom is 0.131 e. The van der Waals surface area contributed by atoms with Gasteiger partial charge in [-0.1, -0.05) is 48.5 Å². The number of nitrogens with zero attached hydrogens (tertiary/aromatic N) is 2. The Balaban J connectivity index is 1.33. The number of hydrogen-bond donors (Lipinski definition) is 2. The van der Waals surface area contributed by atoms with Crippen LogP contribution in [0.25, 0.3) is 21.8 Å². The zero-order chi connectivity index (χ0) is 21.0. The second-order valence-corrected chi connectivity index (χ2v) is 7.33. The minimum absolute atomic E-state index is 0.319. The highest BCUT2D eigenvalue weighted by atomic mass is 16.5. The summed E-state index contributed by atoms with van der Waals surface area (Å²) in [4.78, 5) is 7.93. The Morgan fingerprint density at radius 1 is 0.903 bits per heavy atom. The van der Waals surface area contributed by atoms with Crippen molar-refractivity contribution in [3.8, 4) is 17.6 Å². The van der Waals surface area contributed by atoms with Crippen molar-refractivity contribution in [3.63, 3.8) is 0 Å². The van der Waals surface area contributed by atoms with Crippen LogP contribution in [0.3, 0.4) is 0 Å². The summed E-state index contributed by atoms with van der Waals surface area (Å²) in [6, 6.07) is 28.1. The van der Waals surface area contributed by atoms with Crippen molar-refractivity contribution in [2.24, 2.45) is 0 Å². The zero-order valence-electron chi connectivity index (χ0n) is 16.8. The number of aromatic nitrogens is 2. The highest BCUT2D eigenvalue weighted by Gasteiger charge is 2.07. The number of para-hydroxylation sites is 2. The number of ether oxygens (including phenoxy) is 1. The van der Waals surface area contributed by atoms with Crippen LogP contribution < -0.4 is 10.1 Å². The Hall–Kier alpha value is -4.30. The van der Waals surface area contributed by atoms with Gasteiger partial charge in [0, 0.05) is 28.4 Å². The van der Waals surface area contributed by atoms with Crippen molar-refractivity contribution >= 4 is 27.6 Å². The van der Waals surface area contributed by atoms with Gasteiger partial charge >= 0.3 is 0 Å². The Labute approximate surface area is 179 Å². The van der Waals surface area contributed by atoms with E-state index >= 15 is 0 Å². The molecule has 0 amide bonds. The van der Waals surface area contributed by atoms with Crippen LogP contribution in [-0.2, 0) is 13.0 Å². The fourth-order valence-corrected chi connectivity index (χ4v) is 3.72. The van der Waals surface area contributed by atoms with Crippen LogP contribution in [0.5, 0.6) is 11.5 Å². The molecule has 5 nitrogen and oxygen atoms in total. The molecule has 5 heteroatoms. The van der Waals surface area contributed by atoms with Gasteiger partial charge in [0.2, 0.25) is 0 Å². The number of H-pyrrole nitrogens is 1. The van der Waals surface area contributed by atoms with E-state index in [0.717, 1.165) is 39.1 Å². The van der Waals surface area contributed by atoms with Crippen LogP contribution in [0, 0.1) is 11.3 Å². The molecule has 0 unspecified atom stereocenters. The summed E-state index contributed by atoms with van der Waals surface area (Å²) in [5.74, 6) is 2.27. The number of fused-ring (bicyclic) bond motifs is 3. The summed E-state index contributed by atoms with van der Waals surface area (Å²) < 4.78 is 6.05. The predicted molar refractivity (Wildman–Crippen MR) is 123 cm³/mol. The topological polar surface area (TPSA) is 73.7 Å². The fraction of sp³-hybridized carbons (Fsp3) is 0.0769. The standard InChI is InChI=1S/C26H20N4O/c27-13-12-19-7-1-4-11-25(19)31-20-8-5-6-18(14-20)16-28-26-15-22-21-9-2-3-10-23(21)30-24(22)17-29-26/h1-11,14-15,17,30H,12,16H2,(H,28,29). The number of benzene rings is 3. The molecule has 2 aromatic heterocycles. The number of nitriles is 1. The number of pyridine rings is 1. The first kappa shape index (κ1) is 18.7. The lowest BCUT2D eigenvalue weighted by molar-refractivity contribution is 0.477. The van der Waals surface area contributed by atoms with Gasteiger partial charge in [-0.15, -0.1) is 0 Å². The molecule has 5 aromatic rings. The van der Waals surface area contributed by atoms with Crippen LogP contribution in [0.4, 0.5) is 5.82 Å². The average Bonchev–Trinajstić information content (AvgIpc) is 3.17. The van der Waals surface area contributed by atoms with Gasteiger partial charge in [0.05, 0.1) is 24.2 Å². The molecule has 0 radical (unpaired) electrons. The summed E-state index contributed by atoms with van der Waals surface area (Å²) in [5.41, 5.74) is 4.09. The third-order valence-corrected chi connectivity index (χ3v) is 5.23. The Morgan fingerprint density at radius 3 is 2.71 bits per heavy atom. The Morgan fingerprint density at radius 2 is 1.77 bits per heavy atom. The normalized spacial score (nSPS) is 10.8. The lowest BCUT2D eigenvalue weighted by atomic mass is 10.1. The number of nitrogens with one attached hydrogen (secondary N) is 2. The van der Waals surface area contributed by atoms with Crippen LogP contribution in [0.2, 0.25) is 0 Å². The minimum Gasteiger partial charge on any atom is -0.457 e. The monoisotopic (exact) mass is 404 g/mol. The third-order valence-electron chi connectivity index (χ3n) is 5.23. The molecule has 0 bridgehead atoms. The van der Waals surface area contributed by atoms with Gasteiger partial charge in [0.25, 0.3) is 0 Å². The van der Waals surface area contributed by atoms with Crippen LogP contribution >= 0.6 is 0 Å². The first-order chi connectivity index (χ1) is 15.3. The molecule has 2 N–H and O–H groups in total. The zero-order valence-corrected chi connectivity index (χ0v) is 16.8. The van der Waals surface area contributed by atoms with E-state index in [1.807, 2.05) is 66.9 Å². The third kappa shape index (κ3) is 3.92. The van der Waals surface area contributed by atoms with Crippen molar-refractivity contribution in [2.75, 3.05) is 5.32 Å². The molecule has 0 aliphatic rings. The van der Waals surface area contributed by atoms with E-state index in [0.29, 0.717) is 18.7 Å². The second-order valence-electron chi connectivity index (χ2n) is 7.33. The lowest BCUT2D eigenvalue weighted by Gasteiger charge is -2.11. The van der Waals surface area contributed by atoms with E-state index in [1.54, 1.807) is 0 Å². The van der Waals surface area contributed by atoms with E-state index in [9.17, 15) is 0 Å². The molecule has 0 saturated heterocycles. The quantitative estimate of drug-likeness (QED) is 0.354. The molecule has 2 heterocycles. The molecular formula is C26H20N4O. The highest BCUT2D eigenvalue weighted by molar-refractivity contribution is 6.07. The number of aromatic amines is 1. The molecule has 0 fully saturated rings. The van der Waals surface area contributed by atoms with E-state index < -0.39 is 0 Å². The van der Waals surface area contributed by atoms with Crippen LogP contribution in [0.1, 0.15) is 11.1 Å². The fourth-order valence-electron chi connectivity index (χ4n) is 3.72. The Kier molecular flexibility index (Phi) is 4.96. The maximum atomic E-state index is 9.02. The van der Waals surface area contributed by atoms with Gasteiger partial charge in [-0.2, -0.15) is 5.26 Å². The number of rotatable bonds is 6. The van der Waals surface area contributed by atoms with Gasteiger partial charge in [-0.25, -0.2) is 4.98 Å². The summed E-state index contributed by atoms with van der Waals surface area (Å²) in [6.07, 6.45) is 2.18. The molecule has 0 spiro atoms. The van der Waals surface area contributed by atoms with Gasteiger partial charge in [0.1, 0.15) is 17.3 Å². The van der Waals surface area contributed by atoms with E-state index in [4.69, 9.17) is 10.00 Å². The molecule has 0 saturated carbocycles. The molecule has 0 atom stereocenters. The van der Waals surface area contributed by atoms with Crippen molar-refractivity contribution < 1.29 is 4.74 Å². The maximum absolute atomic E-state index is 9.02. The van der Waals surface area contributed by atoms with E-state index in [1.165, 1.54) is 5.39 Å². The predicted octanol–water partition coefficient (Wildman–Crippen LogP) is 6.19. The van der Waals surface area contributed by atoms with Crippen LogP contribution in [-0.4, -0.2) is 9.97 Å². The second kappa shape index (κ2) is 8.21. The molecular weight excluding hydrogens is 384 g/mol. The summed E-state index contributed by atoms with van der Waals surface area (Å²) in [7, 11) is 0. The molecule has 0 aliphatic heterocycles. The van der Waals surface area contributed by atoms with Crippen LogP contribution in [0.15, 0.2) is 85.1 Å². The summed E-state index contributed by atoms with van der Waals surface area (Å²) in [6.45, 7) is 0.623. The van der Waals surface area contributed by atoms with Crippen molar-refractivity contribution in [1.29, 1.82) is 5.26 Å². The molecule has 31 heavy (non-hydrogen) atoms. The SMILES string of the molecule is N#CCc1ccccc1Oc1cccc(CNc2cc3c(cn2)[nH]c2ccccc23)c1. The van der Waals surface area contributed by atoms with Gasteiger partial charge in [0.15, 0.2) is 0 Å². The van der Waals surface area contributed by atoms with Crippen molar-refractivity contribution in [3.05, 3.63) is 96.2 Å². The molecule has 0 aliphatic carbocycles. The lowest BCUT2D eigenvalue weighted by Crippen LogP contribution is -2.01. The molecule has 5 rings (SSSR count). The first-order valence-electron chi connectivity index (χ1n) is 10.1. The van der Waals surface area contributed by atoms with Gasteiger partial charge in [-0.05, 0) is 35.9 Å². The Bertz CT molecular complexity index is 1410. The first-order valence-corrected chi connectivity index (χ1v) is 10.1. The summed E-state index contributed by atoms with van der Waals surface area (Å²) >= 11 is 0. The van der Waals surface area contributed by atoms with Gasteiger partial charge in [-0.3, -0.25) is 0 Å². The average molecular weight is 404 g/mol. The highest BCUT2D eigenvalue weighted by Crippen LogP contribution is 2.28. The van der Waals surface area contributed by atoms with Crippen molar-refractivity contribution in [1.82, 2.24) is 9.97 Å². The van der Waals surface area contributed by atoms with E-state index in [-0.39, 0.29) is 0 Å². The molecule has 3 aromatic carbocycles.